The number of aryl methyl sites for hydroxylation is 1. The fraction of sp³-hybridized carbons (Fsp3) is 0.591. The molecule has 2 saturated heterocycles. The summed E-state index contributed by atoms with van der Waals surface area (Å²) in [6, 6.07) is 5.82. The smallest absolute Gasteiger partial charge is 0.290 e. The van der Waals surface area contributed by atoms with Crippen molar-refractivity contribution < 1.29 is 19.5 Å². The van der Waals surface area contributed by atoms with Gasteiger partial charge in [-0.2, -0.15) is 0 Å². The predicted molar refractivity (Wildman–Crippen MR) is 113 cm³/mol. The van der Waals surface area contributed by atoms with E-state index in [1.165, 1.54) is 0 Å². The lowest BCUT2D eigenvalue weighted by atomic mass is 9.65. The van der Waals surface area contributed by atoms with E-state index in [-0.39, 0.29) is 35.5 Å². The monoisotopic (exact) mass is 403 g/mol. The first-order valence-electron chi connectivity index (χ1n) is 9.91. The van der Waals surface area contributed by atoms with E-state index >= 15 is 0 Å². The van der Waals surface area contributed by atoms with Crippen molar-refractivity contribution in [2.75, 3.05) is 38.5 Å². The van der Waals surface area contributed by atoms with Gasteiger partial charge < -0.3 is 20.2 Å². The molecule has 0 aromatic heterocycles. The normalized spacial score (nSPS) is 26.2. The fourth-order valence-corrected chi connectivity index (χ4v) is 5.20. The molecule has 29 heavy (non-hydrogen) atoms. The number of benzene rings is 1. The molecule has 3 rings (SSSR count). The van der Waals surface area contributed by atoms with Gasteiger partial charge in [-0.05, 0) is 55.3 Å². The van der Waals surface area contributed by atoms with Gasteiger partial charge in [0, 0.05) is 31.9 Å². The van der Waals surface area contributed by atoms with Gasteiger partial charge in [-0.25, -0.2) is 0 Å². The number of carbonyl (C=O) groups is 3. The van der Waals surface area contributed by atoms with Crippen LogP contribution in [-0.2, 0) is 14.4 Å². The van der Waals surface area contributed by atoms with Crippen LogP contribution in [0.2, 0.25) is 0 Å². The number of fused-ring (bicyclic) bond motifs is 2. The van der Waals surface area contributed by atoms with E-state index in [0.29, 0.717) is 0 Å². The molecule has 2 bridgehead atoms. The summed E-state index contributed by atoms with van der Waals surface area (Å²) in [4.78, 5) is 37.9. The summed E-state index contributed by atoms with van der Waals surface area (Å²) >= 11 is 0. The third kappa shape index (κ3) is 5.79. The summed E-state index contributed by atoms with van der Waals surface area (Å²) < 4.78 is 0. The van der Waals surface area contributed by atoms with E-state index in [9.17, 15) is 9.59 Å². The minimum absolute atomic E-state index is 0.0606. The van der Waals surface area contributed by atoms with Crippen molar-refractivity contribution in [2.24, 2.45) is 10.8 Å². The Kier molecular flexibility index (Phi) is 7.06. The number of carbonyl (C=O) groups excluding carboxylic acids is 2. The third-order valence-corrected chi connectivity index (χ3v) is 5.85. The van der Waals surface area contributed by atoms with Gasteiger partial charge >= 0.3 is 0 Å². The van der Waals surface area contributed by atoms with Crippen LogP contribution in [0, 0.1) is 24.7 Å². The number of carboxylic acid groups (broad SMARTS) is 1. The summed E-state index contributed by atoms with van der Waals surface area (Å²) in [5.41, 5.74) is 3.18. The molecule has 2 fully saturated rings. The first-order valence-corrected chi connectivity index (χ1v) is 9.91. The lowest BCUT2D eigenvalue weighted by molar-refractivity contribution is -0.145. The summed E-state index contributed by atoms with van der Waals surface area (Å²) in [6.07, 6.45) is 1.05. The second-order valence-corrected chi connectivity index (χ2v) is 9.30. The highest BCUT2D eigenvalue weighted by atomic mass is 16.3. The zero-order valence-corrected chi connectivity index (χ0v) is 18.1. The molecule has 2 heterocycles. The quantitative estimate of drug-likeness (QED) is 0.598. The van der Waals surface area contributed by atoms with E-state index < -0.39 is 0 Å². The molecule has 0 aliphatic carbocycles. The first kappa shape index (κ1) is 22.9. The number of anilines is 1. The molecule has 2 aliphatic heterocycles. The maximum atomic E-state index is 12.8. The highest BCUT2D eigenvalue weighted by Gasteiger charge is 2.48. The van der Waals surface area contributed by atoms with Crippen molar-refractivity contribution in [3.05, 3.63) is 29.3 Å². The number of likely N-dealkylation sites (tertiary alicyclic amines) is 2. The number of nitrogens with zero attached hydrogens (tertiary/aromatic N) is 2. The van der Waals surface area contributed by atoms with Crippen LogP contribution in [0.3, 0.4) is 0 Å². The molecule has 1 aromatic rings. The molecule has 2 aliphatic rings. The van der Waals surface area contributed by atoms with Crippen LogP contribution in [0.15, 0.2) is 18.2 Å². The molecule has 1 aromatic carbocycles. The number of nitrogens with one attached hydrogen (secondary N) is 1. The van der Waals surface area contributed by atoms with Crippen LogP contribution < -0.4 is 5.32 Å². The average Bonchev–Trinajstić information content (AvgIpc) is 2.56. The highest BCUT2D eigenvalue weighted by Crippen LogP contribution is 2.45. The van der Waals surface area contributed by atoms with Crippen molar-refractivity contribution in [3.63, 3.8) is 0 Å². The van der Waals surface area contributed by atoms with Gasteiger partial charge in [0.25, 0.3) is 6.47 Å². The Hall–Kier alpha value is -2.41. The minimum atomic E-state index is -0.250. The molecular formula is C22H33N3O4. The van der Waals surface area contributed by atoms with Crippen LogP contribution in [-0.4, -0.2) is 66.4 Å². The molecule has 7 nitrogen and oxygen atoms in total. The molecular weight excluding hydrogens is 370 g/mol. The largest absolute Gasteiger partial charge is 0.483 e. The summed E-state index contributed by atoms with van der Waals surface area (Å²) in [7, 11) is 2.16. The van der Waals surface area contributed by atoms with E-state index in [4.69, 9.17) is 9.90 Å². The molecule has 0 saturated carbocycles. The maximum Gasteiger partial charge on any atom is 0.290 e. The Labute approximate surface area is 173 Å². The van der Waals surface area contributed by atoms with Crippen LogP contribution in [0.4, 0.5) is 5.69 Å². The molecule has 0 spiro atoms. The summed E-state index contributed by atoms with van der Waals surface area (Å²) in [5.74, 6) is -0.290. The van der Waals surface area contributed by atoms with Gasteiger partial charge in [-0.3, -0.25) is 14.4 Å². The molecule has 2 unspecified atom stereocenters. The summed E-state index contributed by atoms with van der Waals surface area (Å²) in [5, 5.41) is 9.79. The first-order chi connectivity index (χ1) is 13.5. The standard InChI is InChI=1S/C21H31N3O2.CH2O2/c1-15-7-6-8-17(16(15)2)22-18(25)9-19(26)24-13-20(3)10-21(4,14-24)12-23(5)11-20;2-1-3/h6-8H,9-14H2,1-5H3,(H,22,25);1H,(H,2,3). The average molecular weight is 404 g/mol. The van der Waals surface area contributed by atoms with Gasteiger partial charge in [0.15, 0.2) is 0 Å². The van der Waals surface area contributed by atoms with Crippen LogP contribution in [0.25, 0.3) is 0 Å². The number of hydrogen-bond acceptors (Lipinski definition) is 4. The summed E-state index contributed by atoms with van der Waals surface area (Å²) in [6.45, 7) is 11.7. The van der Waals surface area contributed by atoms with E-state index in [1.54, 1.807) is 0 Å². The van der Waals surface area contributed by atoms with Crippen molar-refractivity contribution in [1.29, 1.82) is 0 Å². The number of piperidine rings is 2. The number of amides is 2. The Morgan fingerprint density at radius 3 is 2.24 bits per heavy atom. The van der Waals surface area contributed by atoms with Gasteiger partial charge in [-0.15, -0.1) is 0 Å². The second-order valence-electron chi connectivity index (χ2n) is 9.30. The lowest BCUT2D eigenvalue weighted by Gasteiger charge is -2.56. The molecule has 0 radical (unpaired) electrons. The zero-order valence-electron chi connectivity index (χ0n) is 18.1. The fourth-order valence-electron chi connectivity index (χ4n) is 5.20. The van der Waals surface area contributed by atoms with Crippen LogP contribution in [0.1, 0.15) is 37.8 Å². The van der Waals surface area contributed by atoms with Crippen LogP contribution in [0.5, 0.6) is 0 Å². The van der Waals surface area contributed by atoms with E-state index in [1.807, 2.05) is 36.9 Å². The Morgan fingerprint density at radius 2 is 1.69 bits per heavy atom. The minimum Gasteiger partial charge on any atom is -0.483 e. The Morgan fingerprint density at radius 1 is 1.14 bits per heavy atom. The highest BCUT2D eigenvalue weighted by molar-refractivity contribution is 6.04. The van der Waals surface area contributed by atoms with Crippen molar-refractivity contribution in [2.45, 2.75) is 40.5 Å². The Bertz CT molecular complexity index is 761. The molecule has 160 valence electrons. The van der Waals surface area contributed by atoms with Crippen molar-refractivity contribution in [3.8, 4) is 0 Å². The zero-order chi connectivity index (χ0) is 21.8. The number of hydrogen-bond donors (Lipinski definition) is 2. The van der Waals surface area contributed by atoms with Crippen molar-refractivity contribution >= 4 is 24.0 Å². The van der Waals surface area contributed by atoms with Gasteiger partial charge in [0.2, 0.25) is 11.8 Å². The van der Waals surface area contributed by atoms with Gasteiger partial charge in [-0.1, -0.05) is 26.0 Å². The van der Waals surface area contributed by atoms with Crippen LogP contribution >= 0.6 is 0 Å². The SMILES string of the molecule is Cc1cccc(NC(=O)CC(=O)N2CC3(C)CN(C)CC(C)(C2)C3)c1C.O=CO. The Balaban J connectivity index is 0.000000941. The topological polar surface area (TPSA) is 90.0 Å². The molecule has 2 N–H and O–H groups in total. The second kappa shape index (κ2) is 8.95. The van der Waals surface area contributed by atoms with Gasteiger partial charge in [0.1, 0.15) is 6.42 Å². The van der Waals surface area contributed by atoms with E-state index in [2.05, 4.69) is 31.1 Å². The van der Waals surface area contributed by atoms with Crippen molar-refractivity contribution in [1.82, 2.24) is 9.80 Å². The van der Waals surface area contributed by atoms with E-state index in [0.717, 1.165) is 49.4 Å². The molecule has 2 atom stereocenters. The lowest BCUT2D eigenvalue weighted by Crippen LogP contribution is -2.62. The maximum absolute atomic E-state index is 12.8. The molecule has 2 amide bonds. The predicted octanol–water partition coefficient (Wildman–Crippen LogP) is 2.52. The third-order valence-electron chi connectivity index (χ3n) is 5.85. The number of rotatable bonds is 3. The molecule has 7 heteroatoms. The van der Waals surface area contributed by atoms with Gasteiger partial charge in [0.05, 0.1) is 0 Å².